The van der Waals surface area contributed by atoms with E-state index in [1.807, 2.05) is 0 Å². The van der Waals surface area contributed by atoms with Gasteiger partial charge in [-0.3, -0.25) is 0 Å². The van der Waals surface area contributed by atoms with Gasteiger partial charge in [-0.05, 0) is 36.7 Å². The quantitative estimate of drug-likeness (QED) is 0.786. The van der Waals surface area contributed by atoms with E-state index in [2.05, 4.69) is 25.8 Å². The van der Waals surface area contributed by atoms with Crippen molar-refractivity contribution in [3.05, 3.63) is 18.3 Å². The largest absolute Gasteiger partial charge is 0.474 e. The molecule has 0 bridgehead atoms. The Bertz CT molecular complexity index is 571. The van der Waals surface area contributed by atoms with Gasteiger partial charge in [0, 0.05) is 16.7 Å². The molecule has 0 radical (unpaired) electrons. The maximum absolute atomic E-state index is 11.2. The summed E-state index contributed by atoms with van der Waals surface area (Å²) in [5.41, 5.74) is 0. The summed E-state index contributed by atoms with van der Waals surface area (Å²) in [5.74, 6) is 2.18. The van der Waals surface area contributed by atoms with Crippen LogP contribution in [0.25, 0.3) is 0 Å². The third kappa shape index (κ3) is 4.33. The number of halogens is 1. The highest BCUT2D eigenvalue weighted by Gasteiger charge is 2.32. The summed E-state index contributed by atoms with van der Waals surface area (Å²) in [5, 5.41) is 0. The molecule has 6 heteroatoms. The molecule has 1 fully saturated rings. The summed E-state index contributed by atoms with van der Waals surface area (Å²) >= 11 is 0. The molecule has 0 spiro atoms. The molecule has 0 amide bonds. The van der Waals surface area contributed by atoms with E-state index in [4.69, 9.17) is 15.4 Å². The van der Waals surface area contributed by atoms with Gasteiger partial charge in [0.15, 0.2) is 0 Å². The number of pyridine rings is 1. The van der Waals surface area contributed by atoms with Gasteiger partial charge in [-0.15, -0.1) is 0 Å². The second-order valence-corrected chi connectivity index (χ2v) is 8.82. The van der Waals surface area contributed by atoms with Crippen LogP contribution in [0.15, 0.2) is 23.2 Å². The first-order valence-electron chi connectivity index (χ1n) is 7.34. The maximum atomic E-state index is 11.2. The van der Waals surface area contributed by atoms with E-state index in [1.165, 1.54) is 18.7 Å². The highest BCUT2D eigenvalue weighted by atomic mass is 35.7. The normalized spacial score (nSPS) is 26.8. The lowest BCUT2D eigenvalue weighted by atomic mass is 9.75. The highest BCUT2D eigenvalue weighted by Crippen LogP contribution is 2.35. The van der Waals surface area contributed by atoms with Gasteiger partial charge in [-0.2, -0.15) is 0 Å². The summed E-state index contributed by atoms with van der Waals surface area (Å²) in [6.45, 7) is 6.67. The zero-order chi connectivity index (χ0) is 15.6. The first kappa shape index (κ1) is 16.6. The lowest BCUT2D eigenvalue weighted by molar-refractivity contribution is 0.0426. The molecule has 0 aliphatic heterocycles. The fraction of sp³-hybridized carbons (Fsp3) is 0.667. The molecule has 0 N–H and O–H groups in total. The highest BCUT2D eigenvalue weighted by molar-refractivity contribution is 8.13. The zero-order valence-corrected chi connectivity index (χ0v) is 14.2. The average Bonchev–Trinajstić information content (AvgIpc) is 2.38. The first-order valence-corrected chi connectivity index (χ1v) is 9.65. The van der Waals surface area contributed by atoms with Crippen molar-refractivity contribution >= 4 is 19.7 Å². The minimum absolute atomic E-state index is 0.00561. The summed E-state index contributed by atoms with van der Waals surface area (Å²) in [4.78, 5) is 4.07. The molecule has 1 aromatic rings. The Morgan fingerprint density at radius 3 is 2.57 bits per heavy atom. The van der Waals surface area contributed by atoms with Crippen molar-refractivity contribution in [2.45, 2.75) is 51.0 Å². The van der Waals surface area contributed by atoms with Gasteiger partial charge < -0.3 is 4.74 Å². The fourth-order valence-corrected chi connectivity index (χ4v) is 3.67. The van der Waals surface area contributed by atoms with E-state index in [9.17, 15) is 8.42 Å². The van der Waals surface area contributed by atoms with E-state index in [1.54, 1.807) is 6.07 Å². The molecule has 2 rings (SSSR count). The van der Waals surface area contributed by atoms with Crippen molar-refractivity contribution in [3.63, 3.8) is 0 Å². The molecular weight excluding hydrogens is 310 g/mol. The number of aromatic nitrogens is 1. The number of rotatable bonds is 4. The Morgan fingerprint density at radius 1 is 1.33 bits per heavy atom. The third-order valence-corrected chi connectivity index (χ3v) is 5.56. The number of hydrogen-bond acceptors (Lipinski definition) is 4. The fourth-order valence-electron chi connectivity index (χ4n) is 2.99. The van der Waals surface area contributed by atoms with Crippen LogP contribution in [0.3, 0.4) is 0 Å². The second-order valence-electron chi connectivity index (χ2n) is 6.25. The van der Waals surface area contributed by atoms with Gasteiger partial charge in [0.2, 0.25) is 5.88 Å². The minimum atomic E-state index is -3.73. The smallest absolute Gasteiger partial charge is 0.262 e. The van der Waals surface area contributed by atoms with Crippen LogP contribution in [0, 0.1) is 17.8 Å². The van der Waals surface area contributed by atoms with Crippen LogP contribution in [0.1, 0.15) is 40.0 Å². The van der Waals surface area contributed by atoms with Crippen LogP contribution in [-0.4, -0.2) is 19.5 Å². The Morgan fingerprint density at radius 2 is 2.05 bits per heavy atom. The van der Waals surface area contributed by atoms with E-state index in [0.29, 0.717) is 23.6 Å². The molecule has 4 nitrogen and oxygen atoms in total. The molecule has 1 heterocycles. The molecule has 1 aliphatic carbocycles. The molecule has 1 aliphatic rings. The van der Waals surface area contributed by atoms with Crippen molar-refractivity contribution in [2.24, 2.45) is 17.8 Å². The van der Waals surface area contributed by atoms with E-state index >= 15 is 0 Å². The summed E-state index contributed by atoms with van der Waals surface area (Å²) in [6, 6.07) is 3.01. The maximum Gasteiger partial charge on any atom is 0.262 e. The standard InChI is InChI=1S/C15H22ClNO3S/c1-10(2)13-6-4-11(3)8-14(13)20-15-7-5-12(9-17-15)21(16,18)19/h5,7,9-11,13-14H,4,6,8H2,1-3H3. The van der Waals surface area contributed by atoms with Gasteiger partial charge >= 0.3 is 0 Å². The predicted molar refractivity (Wildman–Crippen MR) is 83.0 cm³/mol. The first-order chi connectivity index (χ1) is 9.77. The number of hydrogen-bond donors (Lipinski definition) is 0. The Hall–Kier alpha value is -0.810. The van der Waals surface area contributed by atoms with Crippen molar-refractivity contribution in [2.75, 3.05) is 0 Å². The Balaban J connectivity index is 2.11. The van der Waals surface area contributed by atoms with Crippen LogP contribution < -0.4 is 4.74 Å². The average molecular weight is 332 g/mol. The van der Waals surface area contributed by atoms with Crippen molar-refractivity contribution in [3.8, 4) is 5.88 Å². The van der Waals surface area contributed by atoms with Gasteiger partial charge in [0.25, 0.3) is 9.05 Å². The Labute approximate surface area is 131 Å². The minimum Gasteiger partial charge on any atom is -0.474 e. The molecule has 1 saturated carbocycles. The van der Waals surface area contributed by atoms with Crippen LogP contribution in [-0.2, 0) is 9.05 Å². The van der Waals surface area contributed by atoms with Gasteiger partial charge in [0.05, 0.1) is 6.20 Å². The SMILES string of the molecule is CC1CCC(C(C)C)C(Oc2ccc(S(=O)(=O)Cl)cn2)C1. The number of nitrogens with zero attached hydrogens (tertiary/aromatic N) is 1. The molecule has 0 aromatic carbocycles. The van der Waals surface area contributed by atoms with Crippen LogP contribution in [0.2, 0.25) is 0 Å². The molecule has 3 atom stereocenters. The van der Waals surface area contributed by atoms with Crippen LogP contribution >= 0.6 is 10.7 Å². The van der Waals surface area contributed by atoms with E-state index in [0.717, 1.165) is 12.8 Å². The molecule has 3 unspecified atom stereocenters. The third-order valence-electron chi connectivity index (χ3n) is 4.22. The summed E-state index contributed by atoms with van der Waals surface area (Å²) in [7, 11) is 1.55. The van der Waals surface area contributed by atoms with Gasteiger partial charge in [-0.1, -0.05) is 27.2 Å². The van der Waals surface area contributed by atoms with Crippen LogP contribution in [0.5, 0.6) is 5.88 Å². The molecule has 21 heavy (non-hydrogen) atoms. The van der Waals surface area contributed by atoms with Crippen molar-refractivity contribution in [1.82, 2.24) is 4.98 Å². The monoisotopic (exact) mass is 331 g/mol. The van der Waals surface area contributed by atoms with Gasteiger partial charge in [-0.25, -0.2) is 13.4 Å². The topological polar surface area (TPSA) is 56.3 Å². The van der Waals surface area contributed by atoms with E-state index in [-0.39, 0.29) is 11.0 Å². The van der Waals surface area contributed by atoms with E-state index < -0.39 is 9.05 Å². The Kier molecular flexibility index (Phi) is 5.15. The summed E-state index contributed by atoms with van der Waals surface area (Å²) < 4.78 is 28.4. The second kappa shape index (κ2) is 6.53. The molecule has 1 aromatic heterocycles. The lowest BCUT2D eigenvalue weighted by Gasteiger charge is -2.37. The molecule has 0 saturated heterocycles. The van der Waals surface area contributed by atoms with Gasteiger partial charge in [0.1, 0.15) is 11.0 Å². The predicted octanol–water partition coefficient (Wildman–Crippen LogP) is 3.85. The number of ether oxygens (including phenoxy) is 1. The van der Waals surface area contributed by atoms with Crippen LogP contribution in [0.4, 0.5) is 0 Å². The lowest BCUT2D eigenvalue weighted by Crippen LogP contribution is -2.36. The van der Waals surface area contributed by atoms with Crippen molar-refractivity contribution in [1.29, 1.82) is 0 Å². The van der Waals surface area contributed by atoms with Crippen molar-refractivity contribution < 1.29 is 13.2 Å². The zero-order valence-electron chi connectivity index (χ0n) is 12.6. The molecular formula is C15H22ClNO3S. The summed E-state index contributed by atoms with van der Waals surface area (Å²) in [6.07, 6.45) is 4.80. The molecule has 118 valence electrons.